The SMILES string of the molecule is CC(C)C1OCCC1CNC(=O)C(C)C1CNC1. The van der Waals surface area contributed by atoms with Crippen molar-refractivity contribution < 1.29 is 9.53 Å². The third-order valence-electron chi connectivity index (χ3n) is 4.39. The third kappa shape index (κ3) is 3.04. The van der Waals surface area contributed by atoms with E-state index in [4.69, 9.17) is 4.74 Å². The second kappa shape index (κ2) is 6.02. The van der Waals surface area contributed by atoms with Crippen LogP contribution in [-0.2, 0) is 9.53 Å². The van der Waals surface area contributed by atoms with Gasteiger partial charge in [-0.05, 0) is 31.3 Å². The van der Waals surface area contributed by atoms with Gasteiger partial charge in [0.05, 0.1) is 6.10 Å². The predicted molar refractivity (Wildman–Crippen MR) is 71.2 cm³/mol. The molecule has 2 rings (SSSR count). The van der Waals surface area contributed by atoms with Crippen LogP contribution < -0.4 is 10.6 Å². The molecular weight excluding hydrogens is 228 g/mol. The van der Waals surface area contributed by atoms with E-state index in [2.05, 4.69) is 24.5 Å². The Morgan fingerprint density at radius 2 is 2.11 bits per heavy atom. The Bertz CT molecular complexity index is 290. The minimum atomic E-state index is 0.131. The van der Waals surface area contributed by atoms with Crippen molar-refractivity contribution in [2.45, 2.75) is 33.3 Å². The third-order valence-corrected chi connectivity index (χ3v) is 4.39. The van der Waals surface area contributed by atoms with E-state index in [0.29, 0.717) is 23.9 Å². The number of carbonyl (C=O) groups is 1. The number of carbonyl (C=O) groups excluding carboxylic acids is 1. The predicted octanol–water partition coefficient (Wildman–Crippen LogP) is 1.02. The maximum absolute atomic E-state index is 12.0. The van der Waals surface area contributed by atoms with Gasteiger partial charge in [0.2, 0.25) is 5.91 Å². The fraction of sp³-hybridized carbons (Fsp3) is 0.929. The van der Waals surface area contributed by atoms with Crippen LogP contribution in [0.2, 0.25) is 0 Å². The molecule has 2 saturated heterocycles. The fourth-order valence-electron chi connectivity index (χ4n) is 2.88. The first-order valence-corrected chi connectivity index (χ1v) is 7.19. The zero-order chi connectivity index (χ0) is 13.1. The highest BCUT2D eigenvalue weighted by Gasteiger charge is 2.32. The van der Waals surface area contributed by atoms with Crippen LogP contribution in [0.15, 0.2) is 0 Å². The van der Waals surface area contributed by atoms with Crippen molar-refractivity contribution in [1.29, 1.82) is 0 Å². The topological polar surface area (TPSA) is 50.4 Å². The molecule has 3 atom stereocenters. The maximum atomic E-state index is 12.0. The van der Waals surface area contributed by atoms with Crippen molar-refractivity contribution in [3.8, 4) is 0 Å². The molecule has 104 valence electrons. The van der Waals surface area contributed by atoms with Gasteiger partial charge in [-0.25, -0.2) is 0 Å². The molecule has 1 amide bonds. The Morgan fingerprint density at radius 3 is 2.67 bits per heavy atom. The Balaban J connectivity index is 1.74. The Hall–Kier alpha value is -0.610. The van der Waals surface area contributed by atoms with E-state index in [1.165, 1.54) is 0 Å². The van der Waals surface area contributed by atoms with Gasteiger partial charge in [0.15, 0.2) is 0 Å². The van der Waals surface area contributed by atoms with Gasteiger partial charge in [0.1, 0.15) is 0 Å². The lowest BCUT2D eigenvalue weighted by atomic mass is 9.88. The van der Waals surface area contributed by atoms with Crippen LogP contribution in [0.5, 0.6) is 0 Å². The summed E-state index contributed by atoms with van der Waals surface area (Å²) in [6, 6.07) is 0. The standard InChI is InChI=1S/C14H26N2O2/c1-9(2)13-11(4-5-18-13)8-16-14(17)10(3)12-6-15-7-12/h9-13,15H,4-8H2,1-3H3,(H,16,17). The normalized spacial score (nSPS) is 30.2. The summed E-state index contributed by atoms with van der Waals surface area (Å²) in [4.78, 5) is 12.0. The second-order valence-corrected chi connectivity index (χ2v) is 6.08. The van der Waals surface area contributed by atoms with Gasteiger partial charge in [0.25, 0.3) is 0 Å². The summed E-state index contributed by atoms with van der Waals surface area (Å²) < 4.78 is 5.74. The number of nitrogens with one attached hydrogen (secondary N) is 2. The molecule has 2 N–H and O–H groups in total. The molecule has 0 aromatic rings. The molecule has 0 spiro atoms. The van der Waals surface area contributed by atoms with Gasteiger partial charge < -0.3 is 15.4 Å². The van der Waals surface area contributed by atoms with Gasteiger partial charge in [-0.3, -0.25) is 4.79 Å². The zero-order valence-electron chi connectivity index (χ0n) is 11.7. The van der Waals surface area contributed by atoms with Crippen LogP contribution in [0.3, 0.4) is 0 Å². The first kappa shape index (κ1) is 13.8. The smallest absolute Gasteiger partial charge is 0.223 e. The molecule has 4 nitrogen and oxygen atoms in total. The average molecular weight is 254 g/mol. The van der Waals surface area contributed by atoms with E-state index in [9.17, 15) is 4.79 Å². The first-order valence-electron chi connectivity index (χ1n) is 7.19. The summed E-state index contributed by atoms with van der Waals surface area (Å²) >= 11 is 0. The second-order valence-electron chi connectivity index (χ2n) is 6.08. The van der Waals surface area contributed by atoms with E-state index in [0.717, 1.165) is 32.7 Å². The van der Waals surface area contributed by atoms with Crippen LogP contribution in [0, 0.1) is 23.7 Å². The van der Waals surface area contributed by atoms with Crippen molar-refractivity contribution in [2.24, 2.45) is 23.7 Å². The Labute approximate surface area is 110 Å². The minimum absolute atomic E-state index is 0.131. The molecule has 0 radical (unpaired) electrons. The van der Waals surface area contributed by atoms with Gasteiger partial charge in [-0.1, -0.05) is 20.8 Å². The summed E-state index contributed by atoms with van der Waals surface area (Å²) in [6.45, 7) is 9.98. The van der Waals surface area contributed by atoms with E-state index in [-0.39, 0.29) is 11.8 Å². The first-order chi connectivity index (χ1) is 8.59. The molecule has 18 heavy (non-hydrogen) atoms. The molecule has 0 bridgehead atoms. The molecule has 0 aromatic carbocycles. The van der Waals surface area contributed by atoms with Crippen molar-refractivity contribution in [3.05, 3.63) is 0 Å². The van der Waals surface area contributed by atoms with Crippen LogP contribution in [0.25, 0.3) is 0 Å². The van der Waals surface area contributed by atoms with Crippen molar-refractivity contribution >= 4 is 5.91 Å². The Kier molecular flexibility index (Phi) is 4.62. The molecule has 0 saturated carbocycles. The van der Waals surface area contributed by atoms with Crippen LogP contribution in [0.1, 0.15) is 27.2 Å². The molecular formula is C14H26N2O2. The monoisotopic (exact) mass is 254 g/mol. The quantitative estimate of drug-likeness (QED) is 0.770. The molecule has 0 aromatic heterocycles. The molecule has 4 heteroatoms. The van der Waals surface area contributed by atoms with Gasteiger partial charge >= 0.3 is 0 Å². The summed E-state index contributed by atoms with van der Waals surface area (Å²) in [5, 5.41) is 6.33. The minimum Gasteiger partial charge on any atom is -0.378 e. The number of ether oxygens (including phenoxy) is 1. The molecule has 2 fully saturated rings. The number of hydrogen-bond acceptors (Lipinski definition) is 3. The molecule has 2 aliphatic rings. The van der Waals surface area contributed by atoms with Crippen molar-refractivity contribution in [1.82, 2.24) is 10.6 Å². The van der Waals surface area contributed by atoms with E-state index in [1.54, 1.807) is 0 Å². The maximum Gasteiger partial charge on any atom is 0.223 e. The van der Waals surface area contributed by atoms with Crippen molar-refractivity contribution in [2.75, 3.05) is 26.2 Å². The van der Waals surface area contributed by atoms with Crippen molar-refractivity contribution in [3.63, 3.8) is 0 Å². The highest BCUT2D eigenvalue weighted by atomic mass is 16.5. The summed E-state index contributed by atoms with van der Waals surface area (Å²) in [6.07, 6.45) is 1.38. The van der Waals surface area contributed by atoms with Crippen LogP contribution >= 0.6 is 0 Å². The molecule has 0 aliphatic carbocycles. The van der Waals surface area contributed by atoms with E-state index in [1.807, 2.05) is 6.92 Å². The summed E-state index contributed by atoms with van der Waals surface area (Å²) in [7, 11) is 0. The van der Waals surface area contributed by atoms with E-state index < -0.39 is 0 Å². The number of rotatable bonds is 5. The summed E-state index contributed by atoms with van der Waals surface area (Å²) in [5.41, 5.74) is 0. The average Bonchev–Trinajstić information content (AvgIpc) is 2.71. The fourth-order valence-corrected chi connectivity index (χ4v) is 2.88. The molecule has 2 aliphatic heterocycles. The zero-order valence-corrected chi connectivity index (χ0v) is 11.7. The van der Waals surface area contributed by atoms with Gasteiger partial charge in [0, 0.05) is 25.0 Å². The van der Waals surface area contributed by atoms with Gasteiger partial charge in [-0.2, -0.15) is 0 Å². The molecule has 2 heterocycles. The lowest BCUT2D eigenvalue weighted by Gasteiger charge is -2.32. The Morgan fingerprint density at radius 1 is 1.39 bits per heavy atom. The lowest BCUT2D eigenvalue weighted by molar-refractivity contribution is -0.127. The van der Waals surface area contributed by atoms with Crippen LogP contribution in [0.4, 0.5) is 0 Å². The summed E-state index contributed by atoms with van der Waals surface area (Å²) in [5.74, 6) is 1.87. The number of amides is 1. The highest BCUT2D eigenvalue weighted by Crippen LogP contribution is 2.26. The highest BCUT2D eigenvalue weighted by molar-refractivity contribution is 5.78. The van der Waals surface area contributed by atoms with Gasteiger partial charge in [-0.15, -0.1) is 0 Å². The lowest BCUT2D eigenvalue weighted by Crippen LogP contribution is -2.50. The van der Waals surface area contributed by atoms with Crippen LogP contribution in [-0.4, -0.2) is 38.3 Å². The number of hydrogen-bond donors (Lipinski definition) is 2. The van der Waals surface area contributed by atoms with E-state index >= 15 is 0 Å². The largest absolute Gasteiger partial charge is 0.378 e. The molecule has 3 unspecified atom stereocenters.